The molecular formula is C58H68F2N10O7. The van der Waals surface area contributed by atoms with Gasteiger partial charge in [-0.05, 0) is 123 Å². The summed E-state index contributed by atoms with van der Waals surface area (Å²) in [5.41, 5.74) is 5.03. The second-order valence-electron chi connectivity index (χ2n) is 22.0. The largest absolute Gasteiger partial charge is 0.465 e. The Bertz CT molecular complexity index is 3190. The van der Waals surface area contributed by atoms with Crippen LogP contribution in [0, 0.1) is 23.5 Å². The lowest BCUT2D eigenvalue weighted by Gasteiger charge is -2.42. The van der Waals surface area contributed by atoms with Gasteiger partial charge in [0.15, 0.2) is 11.6 Å². The zero-order valence-electron chi connectivity index (χ0n) is 44.4. The fourth-order valence-electron chi connectivity index (χ4n) is 12.7. The molecule has 5 N–H and O–H groups in total. The summed E-state index contributed by atoms with van der Waals surface area (Å²) in [6.45, 7) is 10.5. The van der Waals surface area contributed by atoms with E-state index in [1.165, 1.54) is 19.2 Å². The van der Waals surface area contributed by atoms with Gasteiger partial charge in [0.25, 0.3) is 0 Å². The zero-order valence-corrected chi connectivity index (χ0v) is 44.4. The molecule has 6 aromatic rings. The first-order valence-corrected chi connectivity index (χ1v) is 27.0. The van der Waals surface area contributed by atoms with Gasteiger partial charge in [0.2, 0.25) is 11.8 Å². The number of nitrogens with zero attached hydrogens (tertiary/aromatic N) is 6. The Morgan fingerprint density at radius 3 is 1.62 bits per heavy atom. The van der Waals surface area contributed by atoms with Gasteiger partial charge >= 0.3 is 12.2 Å². The first kappa shape index (κ1) is 52.9. The molecule has 6 heterocycles. The number of imidazole rings is 2. The molecule has 6 atom stereocenters. The Morgan fingerprint density at radius 1 is 0.675 bits per heavy atom. The van der Waals surface area contributed by atoms with E-state index in [1.807, 2.05) is 80.6 Å². The molecule has 0 unspecified atom stereocenters. The molecule has 2 aromatic heterocycles. The average molecular weight is 1060 g/mol. The minimum Gasteiger partial charge on any atom is -0.465 e. The number of Topliss-reactive ketones (excluding diaryl/α,β-unsaturated/α-hetero) is 1. The van der Waals surface area contributed by atoms with Crippen molar-refractivity contribution in [3.05, 3.63) is 119 Å². The van der Waals surface area contributed by atoms with Crippen LogP contribution in [-0.4, -0.2) is 110 Å². The number of ether oxygens (including phenoxy) is 1. The quantitative estimate of drug-likeness (QED) is 0.0693. The summed E-state index contributed by atoms with van der Waals surface area (Å²) in [6, 6.07) is 21.2. The minimum atomic E-state index is -1.26. The molecule has 4 saturated heterocycles. The van der Waals surface area contributed by atoms with Crippen molar-refractivity contribution in [1.29, 1.82) is 0 Å². The number of hydrogen-bond donors (Lipinski definition) is 5. The highest BCUT2D eigenvalue weighted by molar-refractivity contribution is 5.89. The molecule has 77 heavy (non-hydrogen) atoms. The van der Waals surface area contributed by atoms with Crippen molar-refractivity contribution in [3.63, 3.8) is 0 Å². The smallest absolute Gasteiger partial charge is 0.407 e. The maximum absolute atomic E-state index is 17.0. The Kier molecular flexibility index (Phi) is 14.7. The predicted octanol–water partition coefficient (Wildman–Crippen LogP) is 9.93. The Labute approximate surface area is 446 Å². The van der Waals surface area contributed by atoms with Crippen LogP contribution in [0.5, 0.6) is 0 Å². The van der Waals surface area contributed by atoms with Crippen LogP contribution in [0.2, 0.25) is 0 Å². The van der Waals surface area contributed by atoms with Crippen molar-refractivity contribution >= 4 is 63.2 Å². The summed E-state index contributed by atoms with van der Waals surface area (Å²) in [4.78, 5) is 89.2. The van der Waals surface area contributed by atoms with E-state index < -0.39 is 41.3 Å². The lowest BCUT2D eigenvalue weighted by Crippen LogP contribution is -2.51. The number of fused-ring (bicyclic) bond motifs is 2. The van der Waals surface area contributed by atoms with Gasteiger partial charge in [-0.1, -0.05) is 70.2 Å². The summed E-state index contributed by atoms with van der Waals surface area (Å²) >= 11 is 0. The maximum atomic E-state index is 17.0. The van der Waals surface area contributed by atoms with E-state index in [-0.39, 0.29) is 72.4 Å². The van der Waals surface area contributed by atoms with Crippen LogP contribution < -0.4 is 20.4 Å². The standard InChI is InChI=1S/C58H68F2N10O7/c1-32(2)49(65-56(74)75)54(72)68-24-10-14-47(68)52-61-41-18-16-35(28-43(41)63-52)45-20-21-46(36-17-19-42-44(29-36)64-53(62-42)48-15-11-25-69(48)55(73)50(33(3)4)66-57(76)77-6)70(45)38-30-39(59)51(40(60)31-38)67-26-22-58(23-27-67,34(5)71)37-12-8-7-9-13-37/h7-9,12-13,16-19,28-33,45-50,65H,10-11,14-15,20-27H2,1-6H3,(H,61,63)(H,62,64)(H,66,76)(H,74,75)/t45-,46-,47+,48+,49+,50+/m1/s1. The van der Waals surface area contributed by atoms with Crippen molar-refractivity contribution in [3.8, 4) is 0 Å². The summed E-state index contributed by atoms with van der Waals surface area (Å²) in [7, 11) is 1.27. The molecule has 0 radical (unpaired) electrons. The van der Waals surface area contributed by atoms with Crippen molar-refractivity contribution in [2.75, 3.05) is 43.1 Å². The minimum absolute atomic E-state index is 0.0289. The molecule has 4 aliphatic rings. The van der Waals surface area contributed by atoms with E-state index >= 15 is 8.78 Å². The Morgan fingerprint density at radius 2 is 1.17 bits per heavy atom. The number of benzene rings is 4. The van der Waals surface area contributed by atoms with Gasteiger partial charge in [0.05, 0.1) is 58.8 Å². The second-order valence-corrected chi connectivity index (χ2v) is 22.0. The molecule has 10 rings (SSSR count). The molecule has 406 valence electrons. The number of rotatable bonds is 14. The number of H-pyrrole nitrogens is 2. The maximum Gasteiger partial charge on any atom is 0.407 e. The number of anilines is 2. The van der Waals surface area contributed by atoms with Crippen LogP contribution in [0.1, 0.15) is 138 Å². The van der Waals surface area contributed by atoms with Gasteiger partial charge in [0, 0.05) is 31.9 Å². The number of alkyl carbamates (subject to hydrolysis) is 1. The highest BCUT2D eigenvalue weighted by Gasteiger charge is 2.44. The molecule has 17 nitrogen and oxygen atoms in total. The monoisotopic (exact) mass is 1050 g/mol. The van der Waals surface area contributed by atoms with Crippen molar-refractivity contribution in [2.45, 2.75) is 128 Å². The number of nitrogens with one attached hydrogen (secondary N) is 4. The van der Waals surface area contributed by atoms with E-state index in [4.69, 9.17) is 14.7 Å². The van der Waals surface area contributed by atoms with Gasteiger partial charge in [-0.3, -0.25) is 14.4 Å². The third kappa shape index (κ3) is 10.0. The van der Waals surface area contributed by atoms with Crippen LogP contribution in [0.25, 0.3) is 22.1 Å². The molecule has 0 saturated carbocycles. The average Bonchev–Trinajstić information content (AvgIpc) is 4.30. The topological polar surface area (TPSA) is 209 Å². The van der Waals surface area contributed by atoms with Crippen LogP contribution in [0.3, 0.4) is 0 Å². The van der Waals surface area contributed by atoms with E-state index in [0.29, 0.717) is 80.0 Å². The van der Waals surface area contributed by atoms with Gasteiger partial charge in [-0.2, -0.15) is 0 Å². The summed E-state index contributed by atoms with van der Waals surface area (Å²) in [5, 5.41) is 14.6. The third-order valence-corrected chi connectivity index (χ3v) is 16.7. The molecule has 4 fully saturated rings. The normalized spacial score (nSPS) is 21.3. The highest BCUT2D eigenvalue weighted by Crippen LogP contribution is 2.49. The van der Waals surface area contributed by atoms with Gasteiger partial charge in [0.1, 0.15) is 35.2 Å². The number of halogens is 2. The fourth-order valence-corrected chi connectivity index (χ4v) is 12.7. The van der Waals surface area contributed by atoms with Crippen LogP contribution in [0.15, 0.2) is 78.9 Å². The Hall–Kier alpha value is -7.57. The van der Waals surface area contributed by atoms with Crippen LogP contribution >= 0.6 is 0 Å². The Balaban J connectivity index is 0.979. The first-order valence-electron chi connectivity index (χ1n) is 27.0. The van der Waals surface area contributed by atoms with E-state index in [1.54, 1.807) is 35.5 Å². The van der Waals surface area contributed by atoms with Crippen molar-refractivity contribution in [1.82, 2.24) is 40.4 Å². The number of aromatic nitrogens is 4. The number of carbonyl (C=O) groups is 5. The second kappa shape index (κ2) is 21.5. The summed E-state index contributed by atoms with van der Waals surface area (Å²) < 4.78 is 38.8. The molecular weight excluding hydrogens is 987 g/mol. The third-order valence-electron chi connectivity index (χ3n) is 16.7. The van der Waals surface area contributed by atoms with Crippen molar-refractivity contribution < 1.29 is 42.6 Å². The number of carboxylic acid groups (broad SMARTS) is 1. The number of carbonyl (C=O) groups excluding carboxylic acids is 4. The number of piperidine rings is 1. The fraction of sp³-hybridized carbons (Fsp3) is 0.466. The number of likely N-dealkylation sites (tertiary alicyclic amines) is 2. The summed E-state index contributed by atoms with van der Waals surface area (Å²) in [5.74, 6) is -1.13. The van der Waals surface area contributed by atoms with E-state index in [0.717, 1.165) is 40.6 Å². The molecule has 4 amide bonds. The van der Waals surface area contributed by atoms with Gasteiger partial charge in [-0.25, -0.2) is 28.3 Å². The van der Waals surface area contributed by atoms with Gasteiger partial charge < -0.3 is 50.0 Å². The highest BCUT2D eigenvalue weighted by atomic mass is 19.1. The molecule has 0 bridgehead atoms. The predicted molar refractivity (Wildman–Crippen MR) is 287 cm³/mol. The number of methoxy groups -OCH3 is 1. The molecule has 4 aromatic carbocycles. The number of aromatic amines is 2. The molecule has 0 spiro atoms. The van der Waals surface area contributed by atoms with E-state index in [2.05, 4.69) is 25.5 Å². The lowest BCUT2D eigenvalue weighted by molar-refractivity contribution is -0.136. The first-order chi connectivity index (χ1) is 37.0. The zero-order chi connectivity index (χ0) is 54.4. The molecule has 0 aliphatic carbocycles. The SMILES string of the molecule is COC(=O)N[C@H](C(=O)N1CCC[C@H]1c1nc2ccc([C@H]3CC[C@H](c4ccc5nc([C@@H]6CCCN6C(=O)[C@@H](NC(=O)O)C(C)C)[nH]c5c4)N3c3cc(F)c(N4CCC(C(C)=O)(c5ccccc5)CC4)c(F)c3)cc2[nH]1)C(C)C. The number of amides is 4. The van der Waals surface area contributed by atoms with Crippen LogP contribution in [0.4, 0.5) is 29.7 Å². The van der Waals surface area contributed by atoms with Gasteiger partial charge in [-0.15, -0.1) is 0 Å². The van der Waals surface area contributed by atoms with Crippen molar-refractivity contribution in [2.24, 2.45) is 11.8 Å². The number of hydrogen-bond acceptors (Lipinski definition) is 10. The summed E-state index contributed by atoms with van der Waals surface area (Å²) in [6.07, 6.45) is 2.94. The lowest BCUT2D eigenvalue weighted by atomic mass is 9.70. The molecule has 4 aliphatic heterocycles. The van der Waals surface area contributed by atoms with E-state index in [9.17, 15) is 29.1 Å². The number of ketones is 1. The van der Waals surface area contributed by atoms with Crippen LogP contribution in [-0.2, 0) is 24.5 Å². The molecule has 19 heteroatoms.